The molecule has 1 aliphatic heterocycles. The summed E-state index contributed by atoms with van der Waals surface area (Å²) in [6, 6.07) is 15.9. The lowest BCUT2D eigenvalue weighted by Crippen LogP contribution is -2.22. The molecule has 1 heterocycles. The fourth-order valence-corrected chi connectivity index (χ4v) is 3.01. The SMILES string of the molecule is NCc1cc(F)cc(N2CCCC2c2ccccc2)c1. The van der Waals surface area contributed by atoms with Crippen molar-refractivity contribution in [2.45, 2.75) is 25.4 Å². The number of rotatable bonds is 3. The molecule has 3 rings (SSSR count). The van der Waals surface area contributed by atoms with E-state index < -0.39 is 0 Å². The molecule has 0 aromatic heterocycles. The Morgan fingerprint density at radius 2 is 1.95 bits per heavy atom. The van der Waals surface area contributed by atoms with Crippen LogP contribution in [0.15, 0.2) is 48.5 Å². The third-order valence-corrected chi connectivity index (χ3v) is 3.95. The van der Waals surface area contributed by atoms with Gasteiger partial charge in [0.2, 0.25) is 0 Å². The topological polar surface area (TPSA) is 29.3 Å². The molecule has 2 aromatic rings. The van der Waals surface area contributed by atoms with Crippen molar-refractivity contribution in [3.05, 3.63) is 65.5 Å². The highest BCUT2D eigenvalue weighted by Gasteiger charge is 2.26. The summed E-state index contributed by atoms with van der Waals surface area (Å²) in [7, 11) is 0. The van der Waals surface area contributed by atoms with E-state index >= 15 is 0 Å². The first-order chi connectivity index (χ1) is 9.78. The van der Waals surface area contributed by atoms with Crippen LogP contribution in [0.4, 0.5) is 10.1 Å². The van der Waals surface area contributed by atoms with Crippen LogP contribution in [-0.4, -0.2) is 6.54 Å². The Morgan fingerprint density at radius 3 is 2.70 bits per heavy atom. The molecule has 0 amide bonds. The van der Waals surface area contributed by atoms with Crippen LogP contribution in [0.1, 0.15) is 30.0 Å². The second-order valence-electron chi connectivity index (χ2n) is 5.28. The number of nitrogens with two attached hydrogens (primary N) is 1. The summed E-state index contributed by atoms with van der Waals surface area (Å²) in [5, 5.41) is 0. The van der Waals surface area contributed by atoms with Gasteiger partial charge in [-0.1, -0.05) is 30.3 Å². The van der Waals surface area contributed by atoms with Crippen molar-refractivity contribution in [3.63, 3.8) is 0 Å². The second-order valence-corrected chi connectivity index (χ2v) is 5.28. The van der Waals surface area contributed by atoms with Gasteiger partial charge in [-0.25, -0.2) is 4.39 Å². The maximum atomic E-state index is 13.7. The van der Waals surface area contributed by atoms with Crippen LogP contribution in [0, 0.1) is 5.82 Å². The molecule has 1 atom stereocenters. The Morgan fingerprint density at radius 1 is 1.15 bits per heavy atom. The van der Waals surface area contributed by atoms with E-state index in [1.807, 2.05) is 12.1 Å². The van der Waals surface area contributed by atoms with Crippen molar-refractivity contribution in [1.29, 1.82) is 0 Å². The molecule has 0 saturated carbocycles. The minimum absolute atomic E-state index is 0.207. The molecule has 0 bridgehead atoms. The Balaban J connectivity index is 1.94. The molecular weight excluding hydrogens is 251 g/mol. The van der Waals surface area contributed by atoms with Gasteiger partial charge in [-0.15, -0.1) is 0 Å². The van der Waals surface area contributed by atoms with Crippen LogP contribution in [0.25, 0.3) is 0 Å². The Bertz CT molecular complexity index is 583. The van der Waals surface area contributed by atoms with Gasteiger partial charge in [-0.2, -0.15) is 0 Å². The molecule has 0 radical (unpaired) electrons. The first kappa shape index (κ1) is 13.1. The highest BCUT2D eigenvalue weighted by molar-refractivity contribution is 5.52. The lowest BCUT2D eigenvalue weighted by molar-refractivity contribution is 0.623. The van der Waals surface area contributed by atoms with Gasteiger partial charge < -0.3 is 10.6 Å². The van der Waals surface area contributed by atoms with Crippen LogP contribution in [-0.2, 0) is 6.54 Å². The summed E-state index contributed by atoms with van der Waals surface area (Å²) in [6.07, 6.45) is 2.24. The highest BCUT2D eigenvalue weighted by Crippen LogP contribution is 2.36. The van der Waals surface area contributed by atoms with Gasteiger partial charge in [0.1, 0.15) is 5.82 Å². The maximum Gasteiger partial charge on any atom is 0.125 e. The average Bonchev–Trinajstić information content (AvgIpc) is 2.97. The summed E-state index contributed by atoms with van der Waals surface area (Å²) in [4.78, 5) is 2.29. The highest BCUT2D eigenvalue weighted by atomic mass is 19.1. The molecule has 2 nitrogen and oxygen atoms in total. The van der Waals surface area contributed by atoms with Crippen LogP contribution >= 0.6 is 0 Å². The fourth-order valence-electron chi connectivity index (χ4n) is 3.01. The van der Waals surface area contributed by atoms with Crippen molar-refractivity contribution in [2.24, 2.45) is 5.73 Å². The summed E-state index contributed by atoms with van der Waals surface area (Å²) >= 11 is 0. The van der Waals surface area contributed by atoms with Crippen molar-refractivity contribution >= 4 is 5.69 Å². The third-order valence-electron chi connectivity index (χ3n) is 3.95. The predicted molar refractivity (Wildman–Crippen MR) is 80.1 cm³/mol. The average molecular weight is 270 g/mol. The summed E-state index contributed by atoms with van der Waals surface area (Å²) < 4.78 is 13.7. The van der Waals surface area contributed by atoms with Crippen molar-refractivity contribution in [3.8, 4) is 0 Å². The molecule has 2 aromatic carbocycles. The Kier molecular flexibility index (Phi) is 3.70. The smallest absolute Gasteiger partial charge is 0.125 e. The maximum absolute atomic E-state index is 13.7. The summed E-state index contributed by atoms with van der Waals surface area (Å²) in [6.45, 7) is 1.33. The first-order valence-corrected chi connectivity index (χ1v) is 7.09. The number of anilines is 1. The van der Waals surface area contributed by atoms with Crippen LogP contribution in [0.5, 0.6) is 0 Å². The molecule has 0 aliphatic carbocycles. The number of benzene rings is 2. The Hall–Kier alpha value is -1.87. The summed E-state index contributed by atoms with van der Waals surface area (Å²) in [5.41, 5.74) is 8.73. The third kappa shape index (κ3) is 2.54. The number of nitrogens with zero attached hydrogens (tertiary/aromatic N) is 1. The molecule has 20 heavy (non-hydrogen) atoms. The van der Waals surface area contributed by atoms with E-state index in [2.05, 4.69) is 29.2 Å². The van der Waals surface area contributed by atoms with Crippen LogP contribution in [0.3, 0.4) is 0 Å². The first-order valence-electron chi connectivity index (χ1n) is 7.09. The Labute approximate surface area is 119 Å². The van der Waals surface area contributed by atoms with E-state index in [-0.39, 0.29) is 5.82 Å². The number of hydrogen-bond donors (Lipinski definition) is 1. The van der Waals surface area contributed by atoms with E-state index in [0.717, 1.165) is 30.6 Å². The predicted octanol–water partition coefficient (Wildman–Crippen LogP) is 3.63. The standard InChI is InChI=1S/C17H19FN2/c18-15-9-13(12-19)10-16(11-15)20-8-4-7-17(20)14-5-2-1-3-6-14/h1-3,5-6,9-11,17H,4,7-8,12,19H2. The molecule has 0 spiro atoms. The van der Waals surface area contributed by atoms with Gasteiger partial charge in [-0.05, 0) is 42.2 Å². The molecule has 1 unspecified atom stereocenters. The monoisotopic (exact) mass is 270 g/mol. The summed E-state index contributed by atoms with van der Waals surface area (Å²) in [5.74, 6) is -0.207. The van der Waals surface area contributed by atoms with Gasteiger partial charge in [0.05, 0.1) is 6.04 Å². The van der Waals surface area contributed by atoms with E-state index in [4.69, 9.17) is 5.73 Å². The molecule has 1 saturated heterocycles. The number of halogens is 1. The van der Waals surface area contributed by atoms with Gasteiger partial charge >= 0.3 is 0 Å². The van der Waals surface area contributed by atoms with E-state index in [1.54, 1.807) is 6.07 Å². The zero-order valence-corrected chi connectivity index (χ0v) is 11.4. The lowest BCUT2D eigenvalue weighted by Gasteiger charge is -2.27. The van der Waals surface area contributed by atoms with Gasteiger partial charge in [0, 0.05) is 18.8 Å². The molecule has 3 heteroatoms. The molecule has 104 valence electrons. The zero-order valence-electron chi connectivity index (χ0n) is 11.4. The normalized spacial score (nSPS) is 18.5. The quantitative estimate of drug-likeness (QED) is 0.923. The minimum Gasteiger partial charge on any atom is -0.364 e. The number of hydrogen-bond acceptors (Lipinski definition) is 2. The van der Waals surface area contributed by atoms with Crippen molar-refractivity contribution in [1.82, 2.24) is 0 Å². The van der Waals surface area contributed by atoms with E-state index in [0.29, 0.717) is 12.6 Å². The largest absolute Gasteiger partial charge is 0.364 e. The molecular formula is C17H19FN2. The minimum atomic E-state index is -0.207. The molecule has 1 aliphatic rings. The van der Waals surface area contributed by atoms with Gasteiger partial charge in [0.25, 0.3) is 0 Å². The van der Waals surface area contributed by atoms with Crippen LogP contribution in [0.2, 0.25) is 0 Å². The van der Waals surface area contributed by atoms with Gasteiger partial charge in [0.15, 0.2) is 0 Å². The molecule has 2 N–H and O–H groups in total. The van der Waals surface area contributed by atoms with Crippen molar-refractivity contribution < 1.29 is 4.39 Å². The van der Waals surface area contributed by atoms with Crippen molar-refractivity contribution in [2.75, 3.05) is 11.4 Å². The lowest BCUT2D eigenvalue weighted by atomic mass is 10.0. The van der Waals surface area contributed by atoms with E-state index in [1.165, 1.54) is 11.6 Å². The second kappa shape index (κ2) is 5.63. The fraction of sp³-hybridized carbons (Fsp3) is 0.294. The molecule has 1 fully saturated rings. The van der Waals surface area contributed by atoms with E-state index in [9.17, 15) is 4.39 Å². The van der Waals surface area contributed by atoms with Crippen LogP contribution < -0.4 is 10.6 Å². The zero-order chi connectivity index (χ0) is 13.9. The van der Waals surface area contributed by atoms with Gasteiger partial charge in [-0.3, -0.25) is 0 Å².